The van der Waals surface area contributed by atoms with E-state index < -0.39 is 4.92 Å². The van der Waals surface area contributed by atoms with E-state index in [-0.39, 0.29) is 17.1 Å². The predicted octanol–water partition coefficient (Wildman–Crippen LogP) is 1.75. The normalized spacial score (nSPS) is 14.1. The Hall–Kier alpha value is -1.89. The summed E-state index contributed by atoms with van der Waals surface area (Å²) in [6.07, 6.45) is 2.14. The Morgan fingerprint density at radius 3 is 2.82 bits per heavy atom. The molecular weight excluding hydrogens is 242 g/mol. The Morgan fingerprint density at radius 2 is 2.24 bits per heavy atom. The SMILES string of the molecule is O=[N+]([O-])c1ccc(O)c(NC(=S)NC2CC2)c1. The first-order valence-corrected chi connectivity index (χ1v) is 5.52. The summed E-state index contributed by atoms with van der Waals surface area (Å²) in [7, 11) is 0. The molecule has 1 aromatic carbocycles. The fraction of sp³-hybridized carbons (Fsp3) is 0.300. The topological polar surface area (TPSA) is 87.4 Å². The molecule has 90 valence electrons. The Balaban J connectivity index is 2.09. The van der Waals surface area contributed by atoms with E-state index in [1.54, 1.807) is 0 Å². The van der Waals surface area contributed by atoms with E-state index in [1.165, 1.54) is 18.2 Å². The van der Waals surface area contributed by atoms with Crippen molar-refractivity contribution in [1.29, 1.82) is 0 Å². The molecule has 17 heavy (non-hydrogen) atoms. The van der Waals surface area contributed by atoms with Crippen LogP contribution in [0, 0.1) is 10.1 Å². The fourth-order valence-electron chi connectivity index (χ4n) is 1.31. The third-order valence-electron chi connectivity index (χ3n) is 2.35. The van der Waals surface area contributed by atoms with E-state index >= 15 is 0 Å². The molecule has 1 fully saturated rings. The van der Waals surface area contributed by atoms with Crippen LogP contribution >= 0.6 is 12.2 Å². The molecule has 1 aliphatic rings. The van der Waals surface area contributed by atoms with E-state index in [2.05, 4.69) is 10.6 Å². The highest BCUT2D eigenvalue weighted by atomic mass is 32.1. The lowest BCUT2D eigenvalue weighted by Crippen LogP contribution is -2.30. The van der Waals surface area contributed by atoms with Crippen LogP contribution < -0.4 is 10.6 Å². The average Bonchev–Trinajstić information content (AvgIpc) is 3.04. The summed E-state index contributed by atoms with van der Waals surface area (Å²) in [5, 5.41) is 26.3. The van der Waals surface area contributed by atoms with Crippen molar-refractivity contribution in [2.45, 2.75) is 18.9 Å². The standard InChI is InChI=1S/C10H11N3O3S/c14-9-4-3-7(13(15)16)5-8(9)12-10(17)11-6-1-2-6/h3-6,14H,1-2H2,(H2,11,12,17). The molecular formula is C10H11N3O3S. The second-order valence-electron chi connectivity index (χ2n) is 3.83. The summed E-state index contributed by atoms with van der Waals surface area (Å²) in [5.41, 5.74) is 0.136. The number of nitrogens with one attached hydrogen (secondary N) is 2. The number of benzene rings is 1. The Morgan fingerprint density at radius 1 is 1.53 bits per heavy atom. The van der Waals surface area contributed by atoms with Gasteiger partial charge in [-0.05, 0) is 31.1 Å². The van der Waals surface area contributed by atoms with Gasteiger partial charge >= 0.3 is 0 Å². The molecule has 0 atom stereocenters. The van der Waals surface area contributed by atoms with Gasteiger partial charge in [0.15, 0.2) is 5.11 Å². The smallest absolute Gasteiger partial charge is 0.271 e. The van der Waals surface area contributed by atoms with Gasteiger partial charge in [-0.15, -0.1) is 0 Å². The van der Waals surface area contributed by atoms with E-state index in [4.69, 9.17) is 12.2 Å². The lowest BCUT2D eigenvalue weighted by Gasteiger charge is -2.10. The number of phenols is 1. The van der Waals surface area contributed by atoms with Gasteiger partial charge in [-0.25, -0.2) is 0 Å². The van der Waals surface area contributed by atoms with Gasteiger partial charge < -0.3 is 15.7 Å². The molecule has 0 radical (unpaired) electrons. The number of rotatable bonds is 3. The molecule has 0 saturated heterocycles. The predicted molar refractivity (Wildman–Crippen MR) is 67.1 cm³/mol. The Bertz CT molecular complexity index is 474. The molecule has 0 amide bonds. The summed E-state index contributed by atoms with van der Waals surface area (Å²) >= 11 is 5.02. The molecule has 0 aliphatic heterocycles. The van der Waals surface area contributed by atoms with Crippen molar-refractivity contribution >= 4 is 28.7 Å². The van der Waals surface area contributed by atoms with Crippen LogP contribution in [0.5, 0.6) is 5.75 Å². The van der Waals surface area contributed by atoms with Crippen LogP contribution in [0.2, 0.25) is 0 Å². The van der Waals surface area contributed by atoms with Crippen LogP contribution in [-0.4, -0.2) is 21.2 Å². The first-order valence-electron chi connectivity index (χ1n) is 5.11. The molecule has 0 aromatic heterocycles. The van der Waals surface area contributed by atoms with Crippen LogP contribution in [0.1, 0.15) is 12.8 Å². The zero-order valence-electron chi connectivity index (χ0n) is 8.84. The van der Waals surface area contributed by atoms with Crippen molar-refractivity contribution in [3.63, 3.8) is 0 Å². The quantitative estimate of drug-likeness (QED) is 0.329. The number of thiocarbonyl (C=S) groups is 1. The molecule has 0 spiro atoms. The largest absolute Gasteiger partial charge is 0.506 e. The van der Waals surface area contributed by atoms with Gasteiger partial charge in [0.05, 0.1) is 10.6 Å². The van der Waals surface area contributed by atoms with Crippen molar-refractivity contribution < 1.29 is 10.0 Å². The highest BCUT2D eigenvalue weighted by molar-refractivity contribution is 7.80. The second kappa shape index (κ2) is 4.54. The van der Waals surface area contributed by atoms with Gasteiger partial charge in [-0.1, -0.05) is 0 Å². The number of non-ortho nitro benzene ring substituents is 1. The lowest BCUT2D eigenvalue weighted by atomic mass is 10.2. The number of nitro benzene ring substituents is 1. The molecule has 2 rings (SSSR count). The van der Waals surface area contributed by atoms with E-state index in [0.29, 0.717) is 11.2 Å². The first-order chi connectivity index (χ1) is 8.06. The van der Waals surface area contributed by atoms with Gasteiger partial charge in [0.1, 0.15) is 5.75 Å². The van der Waals surface area contributed by atoms with Crippen molar-refractivity contribution in [1.82, 2.24) is 5.32 Å². The molecule has 3 N–H and O–H groups in total. The highest BCUT2D eigenvalue weighted by Gasteiger charge is 2.22. The van der Waals surface area contributed by atoms with Crippen LogP contribution in [0.25, 0.3) is 0 Å². The summed E-state index contributed by atoms with van der Waals surface area (Å²) in [5.74, 6) is -0.0736. The number of nitro groups is 1. The van der Waals surface area contributed by atoms with E-state index in [9.17, 15) is 15.2 Å². The number of hydrogen-bond acceptors (Lipinski definition) is 4. The Labute approximate surface area is 103 Å². The number of aromatic hydroxyl groups is 1. The lowest BCUT2D eigenvalue weighted by molar-refractivity contribution is -0.384. The number of anilines is 1. The fourth-order valence-corrected chi connectivity index (χ4v) is 1.59. The van der Waals surface area contributed by atoms with Gasteiger partial charge in [0, 0.05) is 18.2 Å². The third kappa shape index (κ3) is 3.04. The van der Waals surface area contributed by atoms with Crippen LogP contribution in [0.15, 0.2) is 18.2 Å². The average molecular weight is 253 g/mol. The maximum atomic E-state index is 10.6. The summed E-state index contributed by atoms with van der Waals surface area (Å²) in [4.78, 5) is 10.1. The molecule has 0 unspecified atom stereocenters. The second-order valence-corrected chi connectivity index (χ2v) is 4.24. The van der Waals surface area contributed by atoms with Crippen molar-refractivity contribution in [2.24, 2.45) is 0 Å². The minimum atomic E-state index is -0.526. The monoisotopic (exact) mass is 253 g/mol. The van der Waals surface area contributed by atoms with Crippen molar-refractivity contribution in [3.05, 3.63) is 28.3 Å². The molecule has 7 heteroatoms. The molecule has 0 bridgehead atoms. The minimum Gasteiger partial charge on any atom is -0.506 e. The minimum absolute atomic E-state index is 0.0736. The van der Waals surface area contributed by atoms with Crippen LogP contribution in [-0.2, 0) is 0 Å². The van der Waals surface area contributed by atoms with Gasteiger partial charge in [-0.3, -0.25) is 10.1 Å². The van der Waals surface area contributed by atoms with E-state index in [0.717, 1.165) is 12.8 Å². The van der Waals surface area contributed by atoms with Crippen molar-refractivity contribution in [2.75, 3.05) is 5.32 Å². The first kappa shape index (κ1) is 11.6. The molecule has 0 heterocycles. The highest BCUT2D eigenvalue weighted by Crippen LogP contribution is 2.28. The van der Waals surface area contributed by atoms with Crippen molar-refractivity contribution in [3.8, 4) is 5.75 Å². The maximum absolute atomic E-state index is 10.6. The summed E-state index contributed by atoms with van der Waals surface area (Å²) in [6.45, 7) is 0. The molecule has 1 saturated carbocycles. The molecule has 1 aromatic rings. The van der Waals surface area contributed by atoms with Gasteiger partial charge in [-0.2, -0.15) is 0 Å². The van der Waals surface area contributed by atoms with Gasteiger partial charge in [0.25, 0.3) is 5.69 Å². The number of hydrogen-bond donors (Lipinski definition) is 3. The molecule has 6 nitrogen and oxygen atoms in total. The number of phenolic OH excluding ortho intramolecular Hbond substituents is 1. The van der Waals surface area contributed by atoms with Gasteiger partial charge in [0.2, 0.25) is 0 Å². The van der Waals surface area contributed by atoms with E-state index in [1.807, 2.05) is 0 Å². The zero-order valence-corrected chi connectivity index (χ0v) is 9.66. The summed E-state index contributed by atoms with van der Waals surface area (Å²) in [6, 6.07) is 4.13. The Kier molecular flexibility index (Phi) is 3.10. The summed E-state index contributed by atoms with van der Waals surface area (Å²) < 4.78 is 0. The maximum Gasteiger partial charge on any atom is 0.271 e. The molecule has 1 aliphatic carbocycles. The zero-order chi connectivity index (χ0) is 12.4. The number of nitrogens with zero attached hydrogens (tertiary/aromatic N) is 1. The third-order valence-corrected chi connectivity index (χ3v) is 2.57. The van der Waals surface area contributed by atoms with Crippen LogP contribution in [0.3, 0.4) is 0 Å². The van der Waals surface area contributed by atoms with Crippen LogP contribution in [0.4, 0.5) is 11.4 Å².